The molecule has 0 aliphatic carbocycles. The van der Waals surface area contributed by atoms with Gasteiger partial charge in [0.05, 0.1) is 29.7 Å². The Balaban J connectivity index is 2.17. The first kappa shape index (κ1) is 11.4. The summed E-state index contributed by atoms with van der Waals surface area (Å²) in [5, 5.41) is 0.500. The topological polar surface area (TPSA) is 51.8 Å². The van der Waals surface area contributed by atoms with Crippen molar-refractivity contribution in [3.8, 4) is 0 Å². The average Bonchev–Trinajstić information content (AvgIpc) is 2.76. The Morgan fingerprint density at radius 3 is 3.00 bits per heavy atom. The van der Waals surface area contributed by atoms with Crippen molar-refractivity contribution >= 4 is 23.3 Å². The molecule has 1 atom stereocenters. The van der Waals surface area contributed by atoms with Gasteiger partial charge in [-0.1, -0.05) is 11.6 Å². The second kappa shape index (κ2) is 4.86. The van der Waals surface area contributed by atoms with Crippen molar-refractivity contribution < 1.29 is 4.39 Å². The van der Waals surface area contributed by atoms with E-state index in [-0.39, 0.29) is 11.9 Å². The van der Waals surface area contributed by atoms with E-state index in [4.69, 9.17) is 17.3 Å². The number of rotatable bonds is 3. The molecule has 16 heavy (non-hydrogen) atoms. The van der Waals surface area contributed by atoms with Crippen molar-refractivity contribution in [3.63, 3.8) is 0 Å². The Morgan fingerprint density at radius 1 is 1.50 bits per heavy atom. The smallest absolute Gasteiger partial charge is 0.126 e. The van der Waals surface area contributed by atoms with Crippen LogP contribution < -0.4 is 5.73 Å². The summed E-state index contributed by atoms with van der Waals surface area (Å²) in [5.74, 6) is -0.303. The lowest BCUT2D eigenvalue weighted by molar-refractivity contribution is 0.591. The van der Waals surface area contributed by atoms with Crippen molar-refractivity contribution in [1.29, 1.82) is 0 Å². The van der Waals surface area contributed by atoms with Crippen LogP contribution in [-0.4, -0.2) is 8.75 Å². The van der Waals surface area contributed by atoms with Crippen LogP contribution in [0.1, 0.15) is 17.3 Å². The van der Waals surface area contributed by atoms with Gasteiger partial charge in [0.15, 0.2) is 0 Å². The Labute approximate surface area is 101 Å². The second-order valence-corrected chi connectivity index (χ2v) is 4.37. The van der Waals surface area contributed by atoms with Crippen molar-refractivity contribution in [3.05, 3.63) is 46.5 Å². The lowest BCUT2D eigenvalue weighted by atomic mass is 10.0. The summed E-state index contributed by atoms with van der Waals surface area (Å²) in [5.41, 5.74) is 7.05. The van der Waals surface area contributed by atoms with Gasteiger partial charge in [-0.15, -0.1) is 0 Å². The third-order valence-corrected chi connectivity index (χ3v) is 2.93. The zero-order valence-corrected chi connectivity index (χ0v) is 9.80. The van der Waals surface area contributed by atoms with Gasteiger partial charge in [-0.05, 0) is 30.2 Å². The summed E-state index contributed by atoms with van der Waals surface area (Å²) in [6, 6.07) is 4.07. The van der Waals surface area contributed by atoms with E-state index < -0.39 is 0 Å². The second-order valence-electron chi connectivity index (χ2n) is 3.38. The van der Waals surface area contributed by atoms with Crippen molar-refractivity contribution in [1.82, 2.24) is 8.75 Å². The Morgan fingerprint density at radius 2 is 2.31 bits per heavy atom. The molecule has 0 saturated carbocycles. The molecule has 0 aliphatic rings. The predicted octanol–water partition coefficient (Wildman–Crippen LogP) is 2.57. The number of aromatic nitrogens is 2. The Bertz CT molecular complexity index is 475. The van der Waals surface area contributed by atoms with E-state index >= 15 is 0 Å². The molecule has 6 heteroatoms. The molecule has 2 rings (SSSR count). The molecule has 0 fully saturated rings. The highest BCUT2D eigenvalue weighted by molar-refractivity contribution is 6.99. The maximum absolute atomic E-state index is 13.4. The maximum Gasteiger partial charge on any atom is 0.126 e. The summed E-state index contributed by atoms with van der Waals surface area (Å²) in [6.07, 6.45) is 1.95. The SMILES string of the molecule is NC(Cc1cc(Cl)ccc1F)c1cnsn1. The van der Waals surface area contributed by atoms with Gasteiger partial charge in [0.25, 0.3) is 0 Å². The van der Waals surface area contributed by atoms with Crippen LogP contribution in [0.2, 0.25) is 5.02 Å². The third kappa shape index (κ3) is 2.55. The van der Waals surface area contributed by atoms with Crippen LogP contribution in [0.3, 0.4) is 0 Å². The van der Waals surface area contributed by atoms with Crippen LogP contribution in [0.5, 0.6) is 0 Å². The number of nitrogens with zero attached hydrogens (tertiary/aromatic N) is 2. The van der Waals surface area contributed by atoms with Gasteiger partial charge in [-0.2, -0.15) is 8.75 Å². The molecule has 0 bridgehead atoms. The van der Waals surface area contributed by atoms with E-state index in [9.17, 15) is 4.39 Å². The first-order chi connectivity index (χ1) is 7.66. The lowest BCUT2D eigenvalue weighted by Crippen LogP contribution is -2.14. The monoisotopic (exact) mass is 257 g/mol. The van der Waals surface area contributed by atoms with Crippen molar-refractivity contribution in [2.24, 2.45) is 5.73 Å². The fourth-order valence-corrected chi connectivity index (χ4v) is 2.05. The predicted molar refractivity (Wildman–Crippen MR) is 62.0 cm³/mol. The Kier molecular flexibility index (Phi) is 3.48. The van der Waals surface area contributed by atoms with E-state index in [1.54, 1.807) is 12.3 Å². The molecule has 3 nitrogen and oxygen atoms in total. The summed E-state index contributed by atoms with van der Waals surface area (Å²) in [6.45, 7) is 0. The molecule has 0 saturated heterocycles. The van der Waals surface area contributed by atoms with E-state index in [1.807, 2.05) is 0 Å². The van der Waals surface area contributed by atoms with Crippen LogP contribution in [-0.2, 0) is 6.42 Å². The van der Waals surface area contributed by atoms with Gasteiger partial charge >= 0.3 is 0 Å². The summed E-state index contributed by atoms with van der Waals surface area (Å²) < 4.78 is 21.3. The standard InChI is InChI=1S/C10H9ClFN3S/c11-7-1-2-8(12)6(3-7)4-9(13)10-5-14-16-15-10/h1-3,5,9H,4,13H2. The lowest BCUT2D eigenvalue weighted by Gasteiger charge is -2.09. The van der Waals surface area contributed by atoms with Crippen LogP contribution in [0.4, 0.5) is 4.39 Å². The number of halogens is 2. The zero-order chi connectivity index (χ0) is 11.5. The summed E-state index contributed by atoms with van der Waals surface area (Å²) in [7, 11) is 0. The van der Waals surface area contributed by atoms with Crippen LogP contribution >= 0.6 is 23.3 Å². The molecule has 1 aromatic heterocycles. The van der Waals surface area contributed by atoms with E-state index in [1.165, 1.54) is 12.1 Å². The van der Waals surface area contributed by atoms with E-state index in [0.29, 0.717) is 22.7 Å². The highest BCUT2D eigenvalue weighted by atomic mass is 35.5. The first-order valence-corrected chi connectivity index (χ1v) is 5.74. The van der Waals surface area contributed by atoms with Crippen molar-refractivity contribution in [2.45, 2.75) is 12.5 Å². The van der Waals surface area contributed by atoms with E-state index in [0.717, 1.165) is 11.7 Å². The molecule has 1 heterocycles. The van der Waals surface area contributed by atoms with Crippen molar-refractivity contribution in [2.75, 3.05) is 0 Å². The minimum atomic E-state index is -0.355. The normalized spacial score (nSPS) is 12.7. The number of benzene rings is 1. The van der Waals surface area contributed by atoms with Gasteiger partial charge in [0.1, 0.15) is 5.82 Å². The molecule has 84 valence electrons. The minimum absolute atomic E-state index is 0.303. The maximum atomic E-state index is 13.4. The number of hydrogen-bond donors (Lipinski definition) is 1. The Hall–Kier alpha value is -1.04. The van der Waals surface area contributed by atoms with E-state index in [2.05, 4.69) is 8.75 Å². The molecular formula is C10H9ClFN3S. The summed E-state index contributed by atoms with van der Waals surface area (Å²) >= 11 is 6.88. The van der Waals surface area contributed by atoms with Gasteiger partial charge in [-0.25, -0.2) is 4.39 Å². The molecule has 2 N–H and O–H groups in total. The van der Waals surface area contributed by atoms with Gasteiger partial charge in [0, 0.05) is 5.02 Å². The summed E-state index contributed by atoms with van der Waals surface area (Å²) in [4.78, 5) is 0. The molecule has 0 aliphatic heterocycles. The largest absolute Gasteiger partial charge is 0.322 e. The van der Waals surface area contributed by atoms with Gasteiger partial charge in [0.2, 0.25) is 0 Å². The fraction of sp³-hybridized carbons (Fsp3) is 0.200. The molecular weight excluding hydrogens is 249 g/mol. The van der Waals surface area contributed by atoms with Gasteiger partial charge in [-0.3, -0.25) is 0 Å². The number of nitrogens with two attached hydrogens (primary N) is 1. The van der Waals surface area contributed by atoms with Gasteiger partial charge < -0.3 is 5.73 Å². The first-order valence-electron chi connectivity index (χ1n) is 4.64. The number of hydrogen-bond acceptors (Lipinski definition) is 4. The van der Waals surface area contributed by atoms with Crippen LogP contribution in [0.15, 0.2) is 24.4 Å². The van der Waals surface area contributed by atoms with Crippen LogP contribution in [0, 0.1) is 5.82 Å². The highest BCUT2D eigenvalue weighted by Crippen LogP contribution is 2.20. The molecule has 1 aromatic carbocycles. The molecule has 2 aromatic rings. The molecule has 0 radical (unpaired) electrons. The average molecular weight is 258 g/mol. The highest BCUT2D eigenvalue weighted by Gasteiger charge is 2.12. The fourth-order valence-electron chi connectivity index (χ4n) is 1.38. The quantitative estimate of drug-likeness (QED) is 0.920. The molecule has 0 amide bonds. The third-order valence-electron chi connectivity index (χ3n) is 2.21. The molecule has 0 spiro atoms. The van der Waals surface area contributed by atoms with Crippen LogP contribution in [0.25, 0.3) is 0 Å². The zero-order valence-electron chi connectivity index (χ0n) is 8.23. The minimum Gasteiger partial charge on any atom is -0.322 e. The molecule has 1 unspecified atom stereocenters.